The number of hydrogen-bond donors (Lipinski definition) is 1. The van der Waals surface area contributed by atoms with Gasteiger partial charge in [0, 0.05) is 6.07 Å². The van der Waals surface area contributed by atoms with Crippen molar-refractivity contribution in [2.45, 2.75) is 0 Å². The molecule has 1 N–H and O–H groups in total. The predicted octanol–water partition coefficient (Wildman–Crippen LogP) is 2.93. The molecule has 2 rings (SSSR count). The lowest BCUT2D eigenvalue weighted by Gasteiger charge is -2.23. The Balaban J connectivity index is 2.20. The first kappa shape index (κ1) is 22.8. The fraction of sp³-hybridized carbons (Fsp3) is 0.222. The third-order valence-corrected chi connectivity index (χ3v) is 5.55. The van der Waals surface area contributed by atoms with E-state index in [0.29, 0.717) is 21.4 Å². The summed E-state index contributed by atoms with van der Waals surface area (Å²) in [6.45, 7) is -0.513. The second-order valence-corrected chi connectivity index (χ2v) is 8.50. The van der Waals surface area contributed by atoms with Crippen molar-refractivity contribution in [3.63, 3.8) is 0 Å². The Morgan fingerprint density at radius 2 is 1.86 bits per heavy atom. The summed E-state index contributed by atoms with van der Waals surface area (Å²) >= 11 is 11.8. The van der Waals surface area contributed by atoms with Gasteiger partial charge in [0.25, 0.3) is 5.91 Å². The van der Waals surface area contributed by atoms with Gasteiger partial charge in [-0.25, -0.2) is 13.8 Å². The number of anilines is 1. The molecule has 1 amide bonds. The standard InChI is InChI=1S/C18H19Cl2N3O5S/c1-27-13-5-7-17(28-2)16(9-13)23(29(3,25)26)11-18(24)22-21-10-12-4-6-14(19)15(20)8-12/h4-10H,11H2,1-3H3,(H,22,24)/b21-10-. The van der Waals surface area contributed by atoms with Gasteiger partial charge in [-0.15, -0.1) is 0 Å². The molecule has 0 aromatic heterocycles. The molecular formula is C18H19Cl2N3O5S. The molecule has 0 saturated carbocycles. The number of methoxy groups -OCH3 is 2. The number of carbonyl (C=O) groups is 1. The lowest BCUT2D eigenvalue weighted by atomic mass is 10.2. The lowest BCUT2D eigenvalue weighted by Crippen LogP contribution is -2.39. The highest BCUT2D eigenvalue weighted by atomic mass is 35.5. The summed E-state index contributed by atoms with van der Waals surface area (Å²) in [4.78, 5) is 12.3. The number of nitrogens with one attached hydrogen (secondary N) is 1. The van der Waals surface area contributed by atoms with Gasteiger partial charge >= 0.3 is 0 Å². The number of rotatable bonds is 8. The number of amides is 1. The van der Waals surface area contributed by atoms with Crippen LogP contribution >= 0.6 is 23.2 Å². The average Bonchev–Trinajstić information content (AvgIpc) is 2.67. The maximum Gasteiger partial charge on any atom is 0.260 e. The topological polar surface area (TPSA) is 97.3 Å². The fourth-order valence-electron chi connectivity index (χ4n) is 2.31. The van der Waals surface area contributed by atoms with Crippen molar-refractivity contribution in [2.75, 3.05) is 31.3 Å². The molecule has 156 valence electrons. The molecule has 0 bridgehead atoms. The Bertz CT molecular complexity index is 1030. The number of carbonyl (C=O) groups excluding carboxylic acids is 1. The van der Waals surface area contributed by atoms with Crippen LogP contribution < -0.4 is 19.2 Å². The summed E-state index contributed by atoms with van der Waals surface area (Å²) in [6.07, 6.45) is 2.34. The first-order valence-corrected chi connectivity index (χ1v) is 10.7. The van der Waals surface area contributed by atoms with E-state index in [4.69, 9.17) is 32.7 Å². The average molecular weight is 460 g/mol. The third-order valence-electron chi connectivity index (χ3n) is 3.69. The van der Waals surface area contributed by atoms with Crippen molar-refractivity contribution in [3.8, 4) is 11.5 Å². The van der Waals surface area contributed by atoms with Gasteiger partial charge in [-0.1, -0.05) is 29.3 Å². The minimum absolute atomic E-state index is 0.165. The van der Waals surface area contributed by atoms with Crippen molar-refractivity contribution >= 4 is 51.0 Å². The zero-order valence-corrected chi connectivity index (χ0v) is 18.2. The smallest absolute Gasteiger partial charge is 0.260 e. The largest absolute Gasteiger partial charge is 0.497 e. The lowest BCUT2D eigenvalue weighted by molar-refractivity contribution is -0.119. The number of hydrogen-bond acceptors (Lipinski definition) is 6. The highest BCUT2D eigenvalue weighted by Crippen LogP contribution is 2.33. The SMILES string of the molecule is COc1ccc(OC)c(N(CC(=O)N/N=C\c2ccc(Cl)c(Cl)c2)S(C)(=O)=O)c1. The second kappa shape index (κ2) is 9.82. The van der Waals surface area contributed by atoms with E-state index in [-0.39, 0.29) is 11.4 Å². The molecule has 2 aromatic rings. The van der Waals surface area contributed by atoms with Gasteiger partial charge in [0.2, 0.25) is 10.0 Å². The van der Waals surface area contributed by atoms with Crippen molar-refractivity contribution in [1.82, 2.24) is 5.43 Å². The number of benzene rings is 2. The Morgan fingerprint density at radius 1 is 1.14 bits per heavy atom. The minimum atomic E-state index is -3.81. The fourth-order valence-corrected chi connectivity index (χ4v) is 3.47. The van der Waals surface area contributed by atoms with Crippen molar-refractivity contribution in [3.05, 3.63) is 52.0 Å². The van der Waals surface area contributed by atoms with Crippen LogP contribution in [0.25, 0.3) is 0 Å². The number of sulfonamides is 1. The van der Waals surface area contributed by atoms with E-state index in [1.807, 2.05) is 0 Å². The highest BCUT2D eigenvalue weighted by molar-refractivity contribution is 7.92. The summed E-state index contributed by atoms with van der Waals surface area (Å²) in [5, 5.41) is 4.55. The zero-order valence-electron chi connectivity index (χ0n) is 15.8. The van der Waals surface area contributed by atoms with Gasteiger partial charge in [0.05, 0.1) is 42.4 Å². The number of hydrazone groups is 1. The van der Waals surface area contributed by atoms with Gasteiger partial charge in [-0.2, -0.15) is 5.10 Å². The molecule has 0 unspecified atom stereocenters. The maximum absolute atomic E-state index is 12.3. The second-order valence-electron chi connectivity index (χ2n) is 5.77. The molecule has 8 nitrogen and oxygen atoms in total. The van der Waals surface area contributed by atoms with Crippen LogP contribution in [0.5, 0.6) is 11.5 Å². The quantitative estimate of drug-likeness (QED) is 0.483. The van der Waals surface area contributed by atoms with Crippen molar-refractivity contribution < 1.29 is 22.7 Å². The van der Waals surface area contributed by atoms with E-state index >= 15 is 0 Å². The van der Waals surface area contributed by atoms with Crippen LogP contribution in [0, 0.1) is 0 Å². The summed E-state index contributed by atoms with van der Waals surface area (Å²) in [6, 6.07) is 9.45. The molecule has 0 saturated heterocycles. The Morgan fingerprint density at radius 3 is 2.45 bits per heavy atom. The molecule has 0 aliphatic carbocycles. The molecule has 0 heterocycles. The highest BCUT2D eigenvalue weighted by Gasteiger charge is 2.24. The summed E-state index contributed by atoms with van der Waals surface area (Å²) < 4.78 is 35.8. The van der Waals surface area contributed by atoms with Gasteiger partial charge in [0.1, 0.15) is 18.0 Å². The molecule has 0 aliphatic rings. The van der Waals surface area contributed by atoms with Crippen LogP contribution in [0.3, 0.4) is 0 Å². The van der Waals surface area contributed by atoms with Crippen molar-refractivity contribution in [2.24, 2.45) is 5.10 Å². The molecular weight excluding hydrogens is 441 g/mol. The predicted molar refractivity (Wildman–Crippen MR) is 114 cm³/mol. The molecule has 0 aliphatic heterocycles. The van der Waals surface area contributed by atoms with Gasteiger partial charge < -0.3 is 9.47 Å². The zero-order chi connectivity index (χ0) is 21.6. The van der Waals surface area contributed by atoms with E-state index in [1.54, 1.807) is 30.3 Å². The van der Waals surface area contributed by atoms with Gasteiger partial charge in [-0.3, -0.25) is 9.10 Å². The van der Waals surface area contributed by atoms with Gasteiger partial charge in [-0.05, 0) is 29.8 Å². The van der Waals surface area contributed by atoms with Crippen LogP contribution in [0.1, 0.15) is 5.56 Å². The maximum atomic E-state index is 12.3. The minimum Gasteiger partial charge on any atom is -0.497 e. The third kappa shape index (κ3) is 6.25. The van der Waals surface area contributed by atoms with Gasteiger partial charge in [0.15, 0.2) is 0 Å². The van der Waals surface area contributed by atoms with Crippen LogP contribution in [0.15, 0.2) is 41.5 Å². The van der Waals surface area contributed by atoms with E-state index in [1.165, 1.54) is 26.5 Å². The van der Waals surface area contributed by atoms with E-state index in [2.05, 4.69) is 10.5 Å². The van der Waals surface area contributed by atoms with Crippen LogP contribution in [-0.2, 0) is 14.8 Å². The number of halogens is 2. The van der Waals surface area contributed by atoms with Crippen LogP contribution in [-0.4, -0.2) is 47.6 Å². The molecule has 0 radical (unpaired) electrons. The monoisotopic (exact) mass is 459 g/mol. The molecule has 29 heavy (non-hydrogen) atoms. The normalized spacial score (nSPS) is 11.3. The number of ether oxygens (including phenoxy) is 2. The summed E-state index contributed by atoms with van der Waals surface area (Å²) in [7, 11) is -0.964. The summed E-state index contributed by atoms with van der Waals surface area (Å²) in [5.41, 5.74) is 3.05. The Hall–Kier alpha value is -2.49. The molecule has 0 fully saturated rings. The summed E-state index contributed by atoms with van der Waals surface area (Å²) in [5.74, 6) is 0.0208. The molecule has 11 heteroatoms. The van der Waals surface area contributed by atoms with Crippen LogP contribution in [0.2, 0.25) is 10.0 Å². The first-order valence-electron chi connectivity index (χ1n) is 8.12. The molecule has 2 aromatic carbocycles. The first-order chi connectivity index (χ1) is 13.7. The van der Waals surface area contributed by atoms with Crippen LogP contribution in [0.4, 0.5) is 5.69 Å². The van der Waals surface area contributed by atoms with E-state index in [0.717, 1.165) is 10.6 Å². The van der Waals surface area contributed by atoms with Crippen molar-refractivity contribution in [1.29, 1.82) is 0 Å². The molecule has 0 spiro atoms. The number of nitrogens with zero attached hydrogens (tertiary/aromatic N) is 2. The Kier molecular flexibility index (Phi) is 7.72. The van der Waals surface area contributed by atoms with E-state index < -0.39 is 22.5 Å². The van der Waals surface area contributed by atoms with E-state index in [9.17, 15) is 13.2 Å². The molecule has 0 atom stereocenters. The Labute approximate surface area is 179 Å².